The lowest BCUT2D eigenvalue weighted by Gasteiger charge is -2.30. The predicted molar refractivity (Wildman–Crippen MR) is 105 cm³/mol. The zero-order chi connectivity index (χ0) is 20.4. The molecule has 1 saturated heterocycles. The van der Waals surface area contributed by atoms with Gasteiger partial charge in [-0.25, -0.2) is 4.52 Å². The summed E-state index contributed by atoms with van der Waals surface area (Å²) in [6.07, 6.45) is 2.76. The Labute approximate surface area is 166 Å². The van der Waals surface area contributed by atoms with Crippen LogP contribution < -0.4 is 10.9 Å². The molecule has 4 rings (SSSR count). The summed E-state index contributed by atoms with van der Waals surface area (Å²) in [5.74, 6) is -0.467. The molecule has 9 heteroatoms. The van der Waals surface area contributed by atoms with Crippen LogP contribution in [-0.2, 0) is 11.3 Å². The van der Waals surface area contributed by atoms with Crippen LogP contribution in [0, 0.1) is 12.8 Å². The first-order valence-corrected chi connectivity index (χ1v) is 9.59. The highest BCUT2D eigenvalue weighted by Crippen LogP contribution is 2.20. The maximum absolute atomic E-state index is 12.9. The van der Waals surface area contributed by atoms with E-state index in [1.807, 2.05) is 30.3 Å². The van der Waals surface area contributed by atoms with Gasteiger partial charge in [-0.2, -0.15) is 0 Å². The van der Waals surface area contributed by atoms with Crippen LogP contribution in [0.5, 0.6) is 0 Å². The predicted octanol–water partition coefficient (Wildman–Crippen LogP) is 0.895. The summed E-state index contributed by atoms with van der Waals surface area (Å²) in [5, 5.41) is 10.8. The molecule has 0 atom stereocenters. The SMILES string of the molecule is Cc1cn2nnc(C(=O)N3CCC(C(=O)NCc4ccccc4)CC3)c2c(=O)[nH]1. The van der Waals surface area contributed by atoms with E-state index in [1.165, 1.54) is 4.52 Å². The Balaban J connectivity index is 1.38. The number of nitrogens with one attached hydrogen (secondary N) is 2. The molecule has 1 aliphatic heterocycles. The molecule has 0 saturated carbocycles. The Morgan fingerprint density at radius 2 is 1.93 bits per heavy atom. The number of benzene rings is 1. The zero-order valence-corrected chi connectivity index (χ0v) is 16.1. The van der Waals surface area contributed by atoms with Crippen molar-refractivity contribution in [2.75, 3.05) is 13.1 Å². The van der Waals surface area contributed by atoms with Gasteiger partial charge in [-0.1, -0.05) is 35.5 Å². The maximum Gasteiger partial charge on any atom is 0.276 e. The molecule has 1 aromatic carbocycles. The summed E-state index contributed by atoms with van der Waals surface area (Å²) in [6.45, 7) is 3.10. The number of hydrogen-bond donors (Lipinski definition) is 2. The number of amides is 2. The van der Waals surface area contributed by atoms with Crippen LogP contribution in [0.3, 0.4) is 0 Å². The van der Waals surface area contributed by atoms with Crippen molar-refractivity contribution in [2.24, 2.45) is 5.92 Å². The average molecular weight is 394 g/mol. The van der Waals surface area contributed by atoms with Gasteiger partial charge in [0.25, 0.3) is 11.5 Å². The van der Waals surface area contributed by atoms with Crippen LogP contribution in [0.25, 0.3) is 5.52 Å². The van der Waals surface area contributed by atoms with Gasteiger partial charge in [0.1, 0.15) is 0 Å². The van der Waals surface area contributed by atoms with E-state index in [-0.39, 0.29) is 28.9 Å². The highest BCUT2D eigenvalue weighted by molar-refractivity contribution is 5.98. The lowest BCUT2D eigenvalue weighted by Crippen LogP contribution is -2.43. The van der Waals surface area contributed by atoms with Crippen molar-refractivity contribution >= 4 is 17.3 Å². The largest absolute Gasteiger partial charge is 0.352 e. The number of aromatic amines is 1. The standard InChI is InChI=1S/C20H22N6O3/c1-13-12-26-17(19(28)22-13)16(23-24-26)20(29)25-9-7-15(8-10-25)18(27)21-11-14-5-3-2-4-6-14/h2-6,12,15H,7-11H2,1H3,(H,21,27)(H,22,28). The van der Waals surface area contributed by atoms with E-state index < -0.39 is 5.56 Å². The van der Waals surface area contributed by atoms with Crippen LogP contribution in [0.15, 0.2) is 41.3 Å². The van der Waals surface area contributed by atoms with Crippen LogP contribution in [0.1, 0.15) is 34.6 Å². The lowest BCUT2D eigenvalue weighted by molar-refractivity contribution is -0.126. The second-order valence-electron chi connectivity index (χ2n) is 7.27. The van der Waals surface area contributed by atoms with Crippen LogP contribution in [-0.4, -0.2) is 49.6 Å². The summed E-state index contributed by atoms with van der Waals surface area (Å²) in [4.78, 5) is 41.8. The first-order valence-electron chi connectivity index (χ1n) is 9.59. The minimum absolute atomic E-state index is 0.00183. The third-order valence-corrected chi connectivity index (χ3v) is 5.20. The van der Waals surface area contributed by atoms with Crippen molar-refractivity contribution < 1.29 is 9.59 Å². The number of carbonyl (C=O) groups is 2. The van der Waals surface area contributed by atoms with Gasteiger partial charge in [-0.15, -0.1) is 5.10 Å². The van der Waals surface area contributed by atoms with Crippen molar-refractivity contribution in [3.05, 3.63) is 63.8 Å². The summed E-state index contributed by atoms with van der Waals surface area (Å²) in [6, 6.07) is 9.74. The summed E-state index contributed by atoms with van der Waals surface area (Å²) in [7, 11) is 0. The van der Waals surface area contributed by atoms with E-state index in [0.717, 1.165) is 5.56 Å². The fourth-order valence-corrected chi connectivity index (χ4v) is 3.62. The molecule has 2 N–H and O–H groups in total. The first-order chi connectivity index (χ1) is 14.0. The summed E-state index contributed by atoms with van der Waals surface area (Å²) < 4.78 is 1.32. The Kier molecular flexibility index (Phi) is 5.11. The van der Waals surface area contributed by atoms with Crippen molar-refractivity contribution in [2.45, 2.75) is 26.3 Å². The number of piperidine rings is 1. The van der Waals surface area contributed by atoms with Crippen LogP contribution >= 0.6 is 0 Å². The Morgan fingerprint density at radius 3 is 2.66 bits per heavy atom. The monoisotopic (exact) mass is 394 g/mol. The van der Waals surface area contributed by atoms with E-state index in [0.29, 0.717) is 38.2 Å². The number of hydrogen-bond acceptors (Lipinski definition) is 5. The lowest BCUT2D eigenvalue weighted by atomic mass is 9.95. The Bertz CT molecular complexity index is 1100. The average Bonchev–Trinajstić information content (AvgIpc) is 3.16. The number of H-pyrrole nitrogens is 1. The van der Waals surface area contributed by atoms with Crippen molar-refractivity contribution in [3.63, 3.8) is 0 Å². The van der Waals surface area contributed by atoms with E-state index >= 15 is 0 Å². The maximum atomic E-state index is 12.9. The molecule has 1 fully saturated rings. The molecule has 0 aliphatic carbocycles. The van der Waals surface area contributed by atoms with Crippen molar-refractivity contribution in [1.82, 2.24) is 30.0 Å². The number of fused-ring (bicyclic) bond motifs is 1. The van der Waals surface area contributed by atoms with Gasteiger partial charge in [0.05, 0.1) is 6.20 Å². The highest BCUT2D eigenvalue weighted by Gasteiger charge is 2.30. The summed E-state index contributed by atoms with van der Waals surface area (Å²) in [5.41, 5.74) is 1.47. The molecular weight excluding hydrogens is 372 g/mol. The molecule has 29 heavy (non-hydrogen) atoms. The minimum Gasteiger partial charge on any atom is -0.352 e. The smallest absolute Gasteiger partial charge is 0.276 e. The van der Waals surface area contributed by atoms with Gasteiger partial charge in [0, 0.05) is 31.2 Å². The first kappa shape index (κ1) is 18.9. The minimum atomic E-state index is -0.395. The second-order valence-corrected chi connectivity index (χ2v) is 7.27. The molecule has 0 unspecified atom stereocenters. The molecule has 1 aliphatic rings. The number of aromatic nitrogens is 4. The summed E-state index contributed by atoms with van der Waals surface area (Å²) >= 11 is 0. The molecule has 9 nitrogen and oxygen atoms in total. The quantitative estimate of drug-likeness (QED) is 0.683. The van der Waals surface area contributed by atoms with Crippen LogP contribution in [0.4, 0.5) is 0 Å². The van der Waals surface area contributed by atoms with E-state index in [9.17, 15) is 14.4 Å². The highest BCUT2D eigenvalue weighted by atomic mass is 16.2. The zero-order valence-electron chi connectivity index (χ0n) is 16.1. The number of aryl methyl sites for hydroxylation is 1. The van der Waals surface area contributed by atoms with Crippen molar-refractivity contribution in [3.8, 4) is 0 Å². The molecule has 3 heterocycles. The molecule has 3 aromatic rings. The number of carbonyl (C=O) groups excluding carboxylic acids is 2. The fourth-order valence-electron chi connectivity index (χ4n) is 3.62. The Hall–Kier alpha value is -3.49. The number of likely N-dealkylation sites (tertiary alicyclic amines) is 1. The van der Waals surface area contributed by atoms with E-state index in [4.69, 9.17) is 0 Å². The van der Waals surface area contributed by atoms with E-state index in [2.05, 4.69) is 20.6 Å². The van der Waals surface area contributed by atoms with Crippen molar-refractivity contribution in [1.29, 1.82) is 0 Å². The second kappa shape index (κ2) is 7.86. The number of rotatable bonds is 4. The third kappa shape index (κ3) is 3.89. The molecular formula is C20H22N6O3. The van der Waals surface area contributed by atoms with Gasteiger partial charge in [-0.3, -0.25) is 14.4 Å². The molecule has 150 valence electrons. The molecule has 2 amide bonds. The normalized spacial score (nSPS) is 14.9. The Morgan fingerprint density at radius 1 is 1.21 bits per heavy atom. The van der Waals surface area contributed by atoms with Gasteiger partial charge in [0.2, 0.25) is 5.91 Å². The fraction of sp³-hybridized carbons (Fsp3) is 0.350. The molecule has 0 bridgehead atoms. The van der Waals surface area contributed by atoms with Gasteiger partial charge >= 0.3 is 0 Å². The van der Waals surface area contributed by atoms with Gasteiger partial charge < -0.3 is 15.2 Å². The topological polar surface area (TPSA) is 112 Å². The van der Waals surface area contributed by atoms with E-state index in [1.54, 1.807) is 18.0 Å². The molecule has 2 aromatic heterocycles. The molecule has 0 spiro atoms. The van der Waals surface area contributed by atoms with Gasteiger partial charge in [0.15, 0.2) is 11.2 Å². The third-order valence-electron chi connectivity index (χ3n) is 5.20. The van der Waals surface area contributed by atoms with Gasteiger partial charge in [-0.05, 0) is 25.3 Å². The molecule has 0 radical (unpaired) electrons. The number of nitrogens with zero attached hydrogens (tertiary/aromatic N) is 4. The van der Waals surface area contributed by atoms with Crippen LogP contribution in [0.2, 0.25) is 0 Å².